The van der Waals surface area contributed by atoms with Crippen molar-refractivity contribution >= 4 is 9.84 Å². The normalized spacial score (nSPS) is 29.4. The molecule has 3 nitrogen and oxygen atoms in total. The highest BCUT2D eigenvalue weighted by molar-refractivity contribution is 7.91. The molecule has 1 fully saturated rings. The van der Waals surface area contributed by atoms with Crippen molar-refractivity contribution in [2.24, 2.45) is 5.92 Å². The topological polar surface area (TPSA) is 54.4 Å². The Balaban J connectivity index is 2.19. The summed E-state index contributed by atoms with van der Waals surface area (Å²) in [6.45, 7) is 1.74. The van der Waals surface area contributed by atoms with Crippen molar-refractivity contribution in [1.82, 2.24) is 0 Å². The van der Waals surface area contributed by atoms with Crippen LogP contribution >= 0.6 is 0 Å². The van der Waals surface area contributed by atoms with Crippen LogP contribution in [0.15, 0.2) is 35.2 Å². The van der Waals surface area contributed by atoms with Crippen LogP contribution < -0.4 is 0 Å². The van der Waals surface area contributed by atoms with E-state index < -0.39 is 15.4 Å². The fraction of sp³-hybridized carbons (Fsp3) is 0.538. The van der Waals surface area contributed by atoms with Crippen molar-refractivity contribution in [3.8, 4) is 0 Å². The van der Waals surface area contributed by atoms with Gasteiger partial charge in [0.15, 0.2) is 9.84 Å². The van der Waals surface area contributed by atoms with Gasteiger partial charge in [0, 0.05) is 5.92 Å². The molecule has 0 spiro atoms. The molecule has 0 amide bonds. The lowest BCUT2D eigenvalue weighted by molar-refractivity contribution is 0.0296. The monoisotopic (exact) mass is 254 g/mol. The number of hydrogen-bond acceptors (Lipinski definition) is 3. The summed E-state index contributed by atoms with van der Waals surface area (Å²) in [6, 6.07) is 8.46. The molecule has 0 aliphatic heterocycles. The molecule has 1 aliphatic carbocycles. The minimum absolute atomic E-state index is 0.0456. The third kappa shape index (κ3) is 2.69. The molecule has 1 aromatic rings. The maximum absolute atomic E-state index is 12.2. The Kier molecular flexibility index (Phi) is 3.27. The van der Waals surface area contributed by atoms with Gasteiger partial charge in [-0.2, -0.15) is 0 Å². The quantitative estimate of drug-likeness (QED) is 0.897. The van der Waals surface area contributed by atoms with Crippen LogP contribution in [-0.2, 0) is 9.84 Å². The minimum atomic E-state index is -3.27. The Morgan fingerprint density at radius 3 is 2.53 bits per heavy atom. The summed E-state index contributed by atoms with van der Waals surface area (Å²) in [5, 5.41) is 10.1. The average Bonchev–Trinajstić information content (AvgIpc) is 2.59. The van der Waals surface area contributed by atoms with Gasteiger partial charge in [-0.05, 0) is 31.9 Å². The van der Waals surface area contributed by atoms with Gasteiger partial charge in [-0.25, -0.2) is 8.42 Å². The molecular formula is C13H18O3S. The fourth-order valence-corrected chi connectivity index (χ4v) is 4.29. The van der Waals surface area contributed by atoms with Crippen LogP contribution in [-0.4, -0.2) is 24.9 Å². The highest BCUT2D eigenvalue weighted by atomic mass is 32.2. The lowest BCUT2D eigenvalue weighted by atomic mass is 9.95. The second kappa shape index (κ2) is 4.42. The first-order chi connectivity index (χ1) is 7.92. The number of benzene rings is 1. The third-order valence-electron chi connectivity index (χ3n) is 3.64. The fourth-order valence-electron chi connectivity index (χ4n) is 2.47. The summed E-state index contributed by atoms with van der Waals surface area (Å²) in [6.07, 6.45) is 2.39. The highest BCUT2D eigenvalue weighted by Gasteiger charge is 2.39. The molecule has 2 atom stereocenters. The van der Waals surface area contributed by atoms with Gasteiger partial charge < -0.3 is 5.11 Å². The average molecular weight is 254 g/mol. The van der Waals surface area contributed by atoms with Gasteiger partial charge in [0.05, 0.1) is 16.2 Å². The molecule has 0 bridgehead atoms. The van der Waals surface area contributed by atoms with Gasteiger partial charge in [-0.3, -0.25) is 0 Å². The molecule has 2 unspecified atom stereocenters. The third-order valence-corrected chi connectivity index (χ3v) is 5.47. The van der Waals surface area contributed by atoms with Gasteiger partial charge in [0.2, 0.25) is 0 Å². The van der Waals surface area contributed by atoms with Crippen molar-refractivity contribution in [3.63, 3.8) is 0 Å². The molecule has 1 aliphatic rings. The molecule has 94 valence electrons. The van der Waals surface area contributed by atoms with Crippen molar-refractivity contribution in [3.05, 3.63) is 30.3 Å². The summed E-state index contributed by atoms with van der Waals surface area (Å²) in [5.41, 5.74) is -0.831. The Hall–Kier alpha value is -0.870. The van der Waals surface area contributed by atoms with Crippen LogP contribution in [0.4, 0.5) is 0 Å². The van der Waals surface area contributed by atoms with Crippen molar-refractivity contribution in [2.45, 2.75) is 36.7 Å². The minimum Gasteiger partial charge on any atom is -0.390 e. The second-order valence-corrected chi connectivity index (χ2v) is 7.08. The van der Waals surface area contributed by atoms with E-state index >= 15 is 0 Å². The van der Waals surface area contributed by atoms with Crippen molar-refractivity contribution < 1.29 is 13.5 Å². The Morgan fingerprint density at radius 1 is 1.35 bits per heavy atom. The van der Waals surface area contributed by atoms with Crippen LogP contribution in [0.5, 0.6) is 0 Å². The van der Waals surface area contributed by atoms with Crippen LogP contribution in [0, 0.1) is 5.92 Å². The zero-order chi connectivity index (χ0) is 12.5. The lowest BCUT2D eigenvalue weighted by Gasteiger charge is -2.25. The molecular weight excluding hydrogens is 236 g/mol. The maximum atomic E-state index is 12.2. The SMILES string of the molecule is CC1(O)CCCC1CS(=O)(=O)c1ccccc1. The number of hydrogen-bond donors (Lipinski definition) is 1. The molecule has 0 aromatic heterocycles. The Labute approximate surface area is 102 Å². The van der Waals surface area contributed by atoms with E-state index in [1.165, 1.54) is 0 Å². The van der Waals surface area contributed by atoms with E-state index in [1.54, 1.807) is 37.3 Å². The van der Waals surface area contributed by atoms with E-state index in [0.29, 0.717) is 11.3 Å². The summed E-state index contributed by atoms with van der Waals surface area (Å²) in [4.78, 5) is 0.350. The Morgan fingerprint density at radius 2 is 2.00 bits per heavy atom. The number of sulfone groups is 1. The van der Waals surface area contributed by atoms with E-state index in [1.807, 2.05) is 0 Å². The van der Waals surface area contributed by atoms with Gasteiger partial charge in [0.25, 0.3) is 0 Å². The zero-order valence-corrected chi connectivity index (χ0v) is 10.8. The van der Waals surface area contributed by atoms with Gasteiger partial charge >= 0.3 is 0 Å². The molecule has 1 saturated carbocycles. The first-order valence-electron chi connectivity index (χ1n) is 5.92. The van der Waals surface area contributed by atoms with E-state index in [0.717, 1.165) is 12.8 Å². The lowest BCUT2D eigenvalue weighted by Crippen LogP contribution is -2.33. The maximum Gasteiger partial charge on any atom is 0.178 e. The molecule has 0 radical (unpaired) electrons. The van der Waals surface area contributed by atoms with Crippen LogP contribution in [0.1, 0.15) is 26.2 Å². The summed E-state index contributed by atoms with van der Waals surface area (Å²) < 4.78 is 24.3. The van der Waals surface area contributed by atoms with Crippen LogP contribution in [0.2, 0.25) is 0 Å². The Bertz CT molecular complexity index is 477. The first kappa shape index (κ1) is 12.6. The van der Waals surface area contributed by atoms with Gasteiger partial charge in [0.1, 0.15) is 0 Å². The standard InChI is InChI=1S/C13H18O3S/c1-13(14)9-5-6-11(13)10-17(15,16)12-7-3-2-4-8-12/h2-4,7-8,11,14H,5-6,9-10H2,1H3. The van der Waals surface area contributed by atoms with Crippen molar-refractivity contribution in [2.75, 3.05) is 5.75 Å². The molecule has 1 N–H and O–H groups in total. The second-order valence-electron chi connectivity index (χ2n) is 5.04. The van der Waals surface area contributed by atoms with Gasteiger partial charge in [-0.15, -0.1) is 0 Å². The molecule has 4 heteroatoms. The van der Waals surface area contributed by atoms with Gasteiger partial charge in [-0.1, -0.05) is 24.6 Å². The highest BCUT2D eigenvalue weighted by Crippen LogP contribution is 2.36. The molecule has 1 aromatic carbocycles. The number of aliphatic hydroxyl groups is 1. The zero-order valence-electron chi connectivity index (χ0n) is 9.96. The van der Waals surface area contributed by atoms with E-state index in [-0.39, 0.29) is 11.7 Å². The molecule has 0 heterocycles. The van der Waals surface area contributed by atoms with E-state index in [4.69, 9.17) is 0 Å². The molecule has 17 heavy (non-hydrogen) atoms. The van der Waals surface area contributed by atoms with Crippen molar-refractivity contribution in [1.29, 1.82) is 0 Å². The first-order valence-corrected chi connectivity index (χ1v) is 7.57. The summed E-state index contributed by atoms with van der Waals surface area (Å²) in [7, 11) is -3.27. The van der Waals surface area contributed by atoms with E-state index in [2.05, 4.69) is 0 Å². The summed E-state index contributed by atoms with van der Waals surface area (Å²) >= 11 is 0. The molecule has 0 saturated heterocycles. The van der Waals surface area contributed by atoms with Crippen LogP contribution in [0.3, 0.4) is 0 Å². The largest absolute Gasteiger partial charge is 0.390 e. The predicted molar refractivity (Wildman–Crippen MR) is 66.5 cm³/mol. The summed E-state index contributed by atoms with van der Waals surface area (Å²) in [5.74, 6) is -0.1000. The van der Waals surface area contributed by atoms with Crippen LogP contribution in [0.25, 0.3) is 0 Å². The molecule has 2 rings (SSSR count). The number of rotatable bonds is 3. The predicted octanol–water partition coefficient (Wildman–Crippen LogP) is 2.01. The smallest absolute Gasteiger partial charge is 0.178 e. The van der Waals surface area contributed by atoms with E-state index in [9.17, 15) is 13.5 Å².